The Bertz CT molecular complexity index is 1000. The van der Waals surface area contributed by atoms with Gasteiger partial charge in [0.2, 0.25) is 5.91 Å². The van der Waals surface area contributed by atoms with Crippen molar-refractivity contribution in [1.29, 1.82) is 0 Å². The number of nitrogens with zero attached hydrogens (tertiary/aromatic N) is 4. The highest BCUT2D eigenvalue weighted by molar-refractivity contribution is 7.25. The van der Waals surface area contributed by atoms with Gasteiger partial charge in [0.05, 0.1) is 11.8 Å². The Hall–Kier alpha value is -2.28. The standard InChI is InChI=1S/C19H22N4O2S/c1-2-14(18(24)22-10-5-3-4-6-11-22)23-12-21-15-13-8-7-9-20-17(13)26-16(15)19(23)25/h7-9,12,14H,2-6,10-11H2,1H3/t14-/m0/s1. The van der Waals surface area contributed by atoms with Gasteiger partial charge in [-0.25, -0.2) is 9.97 Å². The van der Waals surface area contributed by atoms with E-state index in [-0.39, 0.29) is 11.5 Å². The molecule has 1 saturated heterocycles. The molecule has 0 N–H and O–H groups in total. The molecule has 3 aromatic heterocycles. The van der Waals surface area contributed by atoms with Crippen molar-refractivity contribution in [2.75, 3.05) is 13.1 Å². The van der Waals surface area contributed by atoms with Gasteiger partial charge >= 0.3 is 0 Å². The van der Waals surface area contributed by atoms with Gasteiger partial charge < -0.3 is 4.90 Å². The van der Waals surface area contributed by atoms with Crippen molar-refractivity contribution in [3.05, 3.63) is 35.0 Å². The molecule has 0 radical (unpaired) electrons. The molecule has 0 aliphatic carbocycles. The van der Waals surface area contributed by atoms with E-state index in [0.717, 1.165) is 36.1 Å². The van der Waals surface area contributed by atoms with Crippen molar-refractivity contribution < 1.29 is 4.79 Å². The van der Waals surface area contributed by atoms with Gasteiger partial charge in [0.25, 0.3) is 5.56 Å². The van der Waals surface area contributed by atoms with Crippen LogP contribution in [-0.2, 0) is 4.79 Å². The van der Waals surface area contributed by atoms with Gasteiger partial charge in [-0.3, -0.25) is 14.2 Å². The first kappa shape index (κ1) is 17.1. The molecule has 0 spiro atoms. The lowest BCUT2D eigenvalue weighted by atomic mass is 10.1. The zero-order valence-corrected chi connectivity index (χ0v) is 15.7. The number of likely N-dealkylation sites (tertiary alicyclic amines) is 1. The van der Waals surface area contributed by atoms with E-state index in [1.165, 1.54) is 35.1 Å². The molecule has 0 unspecified atom stereocenters. The third-order valence-electron chi connectivity index (χ3n) is 5.11. The maximum atomic E-state index is 13.1. The Morgan fingerprint density at radius 1 is 1.23 bits per heavy atom. The third-order valence-corrected chi connectivity index (χ3v) is 6.20. The number of thiophene rings is 1. The van der Waals surface area contributed by atoms with Gasteiger partial charge in [0, 0.05) is 24.7 Å². The molecule has 0 aromatic carbocycles. The fraction of sp³-hybridized carbons (Fsp3) is 0.474. The van der Waals surface area contributed by atoms with E-state index in [2.05, 4.69) is 9.97 Å². The minimum atomic E-state index is -0.490. The average molecular weight is 370 g/mol. The Morgan fingerprint density at radius 2 is 2.00 bits per heavy atom. The largest absolute Gasteiger partial charge is 0.341 e. The number of pyridine rings is 1. The third kappa shape index (κ3) is 2.90. The van der Waals surface area contributed by atoms with Crippen LogP contribution in [0.5, 0.6) is 0 Å². The highest BCUT2D eigenvalue weighted by atomic mass is 32.1. The molecule has 0 bridgehead atoms. The van der Waals surface area contributed by atoms with E-state index in [1.807, 2.05) is 24.0 Å². The number of amides is 1. The predicted octanol–water partition coefficient (Wildman–Crippen LogP) is 3.36. The molecule has 3 aromatic rings. The summed E-state index contributed by atoms with van der Waals surface area (Å²) in [6.45, 7) is 3.52. The summed E-state index contributed by atoms with van der Waals surface area (Å²) in [5.41, 5.74) is 0.532. The molecule has 1 aliphatic heterocycles. The Morgan fingerprint density at radius 3 is 2.73 bits per heavy atom. The van der Waals surface area contributed by atoms with Gasteiger partial charge in [-0.15, -0.1) is 11.3 Å². The summed E-state index contributed by atoms with van der Waals surface area (Å²) >= 11 is 1.35. The lowest BCUT2D eigenvalue weighted by Crippen LogP contribution is -2.40. The minimum absolute atomic E-state index is 0.0388. The van der Waals surface area contributed by atoms with Crippen LogP contribution in [0.2, 0.25) is 0 Å². The number of aromatic nitrogens is 3. The van der Waals surface area contributed by atoms with Crippen LogP contribution in [0.3, 0.4) is 0 Å². The molecule has 1 aliphatic rings. The van der Waals surface area contributed by atoms with Gasteiger partial charge in [0.1, 0.15) is 15.6 Å². The molecule has 4 rings (SSSR count). The summed E-state index contributed by atoms with van der Waals surface area (Å²) < 4.78 is 2.09. The highest BCUT2D eigenvalue weighted by Crippen LogP contribution is 2.28. The van der Waals surface area contributed by atoms with Crippen LogP contribution in [-0.4, -0.2) is 38.4 Å². The molecule has 4 heterocycles. The zero-order valence-electron chi connectivity index (χ0n) is 14.9. The maximum absolute atomic E-state index is 13.1. The molecule has 136 valence electrons. The van der Waals surface area contributed by atoms with E-state index in [9.17, 15) is 9.59 Å². The molecule has 1 fully saturated rings. The minimum Gasteiger partial charge on any atom is -0.341 e. The fourth-order valence-corrected chi connectivity index (χ4v) is 4.73. The van der Waals surface area contributed by atoms with E-state index in [4.69, 9.17) is 0 Å². The van der Waals surface area contributed by atoms with Crippen molar-refractivity contribution in [3.8, 4) is 0 Å². The van der Waals surface area contributed by atoms with Crippen LogP contribution in [0.4, 0.5) is 0 Å². The summed E-state index contributed by atoms with van der Waals surface area (Å²) in [6, 6.07) is 3.28. The zero-order chi connectivity index (χ0) is 18.1. The monoisotopic (exact) mass is 370 g/mol. The molecule has 7 heteroatoms. The van der Waals surface area contributed by atoms with E-state index < -0.39 is 6.04 Å². The number of hydrogen-bond donors (Lipinski definition) is 0. The lowest BCUT2D eigenvalue weighted by Gasteiger charge is -2.26. The van der Waals surface area contributed by atoms with Crippen LogP contribution in [0.25, 0.3) is 20.4 Å². The quantitative estimate of drug-likeness (QED) is 0.709. The number of carbonyl (C=O) groups excluding carboxylic acids is 1. The first-order chi connectivity index (χ1) is 12.7. The fourth-order valence-electron chi connectivity index (χ4n) is 3.70. The van der Waals surface area contributed by atoms with Gasteiger partial charge in [-0.1, -0.05) is 19.8 Å². The summed E-state index contributed by atoms with van der Waals surface area (Å²) in [5, 5.41) is 0.892. The van der Waals surface area contributed by atoms with Crippen molar-refractivity contribution in [2.24, 2.45) is 0 Å². The Balaban J connectivity index is 1.76. The van der Waals surface area contributed by atoms with Crippen LogP contribution >= 0.6 is 11.3 Å². The van der Waals surface area contributed by atoms with Crippen molar-refractivity contribution in [2.45, 2.75) is 45.1 Å². The Labute approximate surface area is 155 Å². The van der Waals surface area contributed by atoms with Crippen molar-refractivity contribution >= 4 is 37.7 Å². The molecule has 1 atom stereocenters. The topological polar surface area (TPSA) is 68.1 Å². The smallest absolute Gasteiger partial charge is 0.272 e. The number of rotatable bonds is 3. The highest BCUT2D eigenvalue weighted by Gasteiger charge is 2.27. The lowest BCUT2D eigenvalue weighted by molar-refractivity contribution is -0.135. The maximum Gasteiger partial charge on any atom is 0.272 e. The molecular formula is C19H22N4O2S. The van der Waals surface area contributed by atoms with Crippen LogP contribution in [0.1, 0.15) is 45.1 Å². The van der Waals surface area contributed by atoms with Crippen LogP contribution in [0, 0.1) is 0 Å². The Kier molecular flexibility index (Phi) is 4.72. The normalized spacial score (nSPS) is 16.7. The van der Waals surface area contributed by atoms with Crippen LogP contribution in [0.15, 0.2) is 29.5 Å². The van der Waals surface area contributed by atoms with Gasteiger partial charge in [-0.2, -0.15) is 0 Å². The number of fused-ring (bicyclic) bond motifs is 3. The molecule has 6 nitrogen and oxygen atoms in total. The summed E-state index contributed by atoms with van der Waals surface area (Å²) in [5.74, 6) is 0.0388. The van der Waals surface area contributed by atoms with Gasteiger partial charge in [-0.05, 0) is 31.4 Å². The van der Waals surface area contributed by atoms with Crippen LogP contribution < -0.4 is 5.56 Å². The molecule has 0 saturated carbocycles. The SMILES string of the molecule is CC[C@@H](C(=O)N1CCCCCC1)n1cnc2c(sc3ncccc32)c1=O. The number of carbonyl (C=O) groups is 1. The van der Waals surface area contributed by atoms with Crippen molar-refractivity contribution in [3.63, 3.8) is 0 Å². The van der Waals surface area contributed by atoms with E-state index >= 15 is 0 Å². The first-order valence-electron chi connectivity index (χ1n) is 9.24. The first-order valence-corrected chi connectivity index (χ1v) is 10.1. The number of hydrogen-bond acceptors (Lipinski definition) is 5. The second kappa shape index (κ2) is 7.15. The van der Waals surface area contributed by atoms with E-state index in [0.29, 0.717) is 16.6 Å². The molecular weight excluding hydrogens is 348 g/mol. The van der Waals surface area contributed by atoms with Gasteiger partial charge in [0.15, 0.2) is 0 Å². The second-order valence-electron chi connectivity index (χ2n) is 6.76. The second-order valence-corrected chi connectivity index (χ2v) is 7.76. The van der Waals surface area contributed by atoms with E-state index in [1.54, 1.807) is 6.20 Å². The summed E-state index contributed by atoms with van der Waals surface area (Å²) in [4.78, 5) is 37.7. The molecule has 26 heavy (non-hydrogen) atoms. The molecule has 1 amide bonds. The summed E-state index contributed by atoms with van der Waals surface area (Å²) in [6.07, 6.45) is 8.24. The van der Waals surface area contributed by atoms with Crippen molar-refractivity contribution in [1.82, 2.24) is 19.4 Å². The predicted molar refractivity (Wildman–Crippen MR) is 104 cm³/mol. The average Bonchev–Trinajstić information content (AvgIpc) is 2.84. The summed E-state index contributed by atoms with van der Waals surface area (Å²) in [7, 11) is 0.